The number of nitrogens with one attached hydrogen (secondary N) is 1. The monoisotopic (exact) mass is 437 g/mol. The van der Waals surface area contributed by atoms with Gasteiger partial charge in [0, 0.05) is 38.8 Å². The average molecular weight is 438 g/mol. The minimum Gasteiger partial charge on any atom is -0.494 e. The average Bonchev–Trinajstić information content (AvgIpc) is 3.15. The molecule has 2 aromatic carbocycles. The first-order valence-corrected chi connectivity index (χ1v) is 10.7. The fraction of sp³-hybridized carbons (Fsp3) is 0.333. The summed E-state index contributed by atoms with van der Waals surface area (Å²) < 4.78 is 20.7. The number of amides is 1. The number of hydrogen-bond donors (Lipinski definition) is 1. The van der Waals surface area contributed by atoms with E-state index in [1.54, 1.807) is 10.7 Å². The fourth-order valence-corrected chi connectivity index (χ4v) is 3.91. The molecule has 1 amide bonds. The van der Waals surface area contributed by atoms with E-state index in [1.807, 2.05) is 49.4 Å². The predicted molar refractivity (Wildman–Crippen MR) is 122 cm³/mol. The number of hydrogen-bond acceptors (Lipinski definition) is 5. The topological polar surface area (TPSA) is 62.6 Å². The maximum atomic E-state index is 13.9. The number of nitrogens with zero attached hydrogens (tertiary/aromatic N) is 4. The number of halogens is 1. The second kappa shape index (κ2) is 9.93. The van der Waals surface area contributed by atoms with E-state index in [0.29, 0.717) is 18.9 Å². The van der Waals surface area contributed by atoms with Crippen molar-refractivity contribution in [1.29, 1.82) is 0 Å². The maximum Gasteiger partial charge on any atom is 0.239 e. The molecule has 1 fully saturated rings. The summed E-state index contributed by atoms with van der Waals surface area (Å²) in [6.45, 7) is 6.11. The molecule has 7 nitrogen and oxygen atoms in total. The highest BCUT2D eigenvalue weighted by molar-refractivity contribution is 5.91. The molecule has 1 saturated heterocycles. The molecule has 1 aromatic heterocycles. The first-order chi connectivity index (χ1) is 15.5. The van der Waals surface area contributed by atoms with Gasteiger partial charge in [0.2, 0.25) is 5.91 Å². The number of methoxy groups -OCH3 is 1. The smallest absolute Gasteiger partial charge is 0.239 e. The molecule has 1 aliphatic heterocycles. The van der Waals surface area contributed by atoms with E-state index in [4.69, 9.17) is 4.74 Å². The Morgan fingerprint density at radius 2 is 1.78 bits per heavy atom. The Balaban J connectivity index is 1.29. The lowest BCUT2D eigenvalue weighted by atomic mass is 10.2. The number of carbonyl (C=O) groups excluding carboxylic acids is 1. The molecule has 0 radical (unpaired) electrons. The fourth-order valence-electron chi connectivity index (χ4n) is 3.91. The number of benzene rings is 2. The maximum absolute atomic E-state index is 13.9. The molecule has 3 aromatic rings. The molecule has 0 saturated carbocycles. The quantitative estimate of drug-likeness (QED) is 0.616. The van der Waals surface area contributed by atoms with Gasteiger partial charge in [-0.15, -0.1) is 0 Å². The van der Waals surface area contributed by atoms with Gasteiger partial charge in [0.1, 0.15) is 5.82 Å². The van der Waals surface area contributed by atoms with Gasteiger partial charge in [0.25, 0.3) is 0 Å². The molecular weight excluding hydrogens is 409 g/mol. The van der Waals surface area contributed by atoms with Gasteiger partial charge in [-0.25, -0.2) is 9.07 Å². The Bertz CT molecular complexity index is 1060. The van der Waals surface area contributed by atoms with Gasteiger partial charge in [-0.2, -0.15) is 5.10 Å². The third-order valence-corrected chi connectivity index (χ3v) is 5.55. The number of para-hydroxylation sites is 1. The summed E-state index contributed by atoms with van der Waals surface area (Å²) in [5, 5.41) is 7.49. The van der Waals surface area contributed by atoms with Crippen LogP contribution in [-0.4, -0.2) is 65.3 Å². The molecule has 0 aliphatic carbocycles. The summed E-state index contributed by atoms with van der Waals surface area (Å²) in [7, 11) is 1.46. The third kappa shape index (κ3) is 5.33. The number of carbonyl (C=O) groups is 1. The standard InChI is InChI=1S/C24H28FN5O2/c1-18-14-23(30(27-18)20-6-4-3-5-7-20)26-24(31)17-29-12-10-28(11-13-29)16-19-8-9-22(32-2)21(25)15-19/h3-9,14-15H,10-13,16-17H2,1-2H3,(H,26,31). The first kappa shape index (κ1) is 22.0. The molecule has 0 bridgehead atoms. The molecule has 32 heavy (non-hydrogen) atoms. The Hall–Kier alpha value is -3.23. The van der Waals surface area contributed by atoms with Gasteiger partial charge in [-0.05, 0) is 36.8 Å². The number of piperazine rings is 1. The minimum atomic E-state index is -0.342. The lowest BCUT2D eigenvalue weighted by Gasteiger charge is -2.34. The van der Waals surface area contributed by atoms with Crippen LogP contribution >= 0.6 is 0 Å². The molecule has 4 rings (SSSR count). The molecule has 0 unspecified atom stereocenters. The van der Waals surface area contributed by atoms with Gasteiger partial charge >= 0.3 is 0 Å². The van der Waals surface area contributed by atoms with E-state index in [2.05, 4.69) is 20.2 Å². The van der Waals surface area contributed by atoms with Crippen molar-refractivity contribution in [2.45, 2.75) is 13.5 Å². The van der Waals surface area contributed by atoms with Gasteiger partial charge in [-0.1, -0.05) is 24.3 Å². The first-order valence-electron chi connectivity index (χ1n) is 10.7. The van der Waals surface area contributed by atoms with E-state index >= 15 is 0 Å². The Morgan fingerprint density at radius 3 is 2.47 bits per heavy atom. The van der Waals surface area contributed by atoms with Crippen LogP contribution in [0.2, 0.25) is 0 Å². The van der Waals surface area contributed by atoms with Crippen molar-refractivity contribution in [3.63, 3.8) is 0 Å². The number of anilines is 1. The van der Waals surface area contributed by atoms with Gasteiger partial charge in [0.15, 0.2) is 11.6 Å². The largest absolute Gasteiger partial charge is 0.494 e. The SMILES string of the molecule is COc1ccc(CN2CCN(CC(=O)Nc3cc(C)nn3-c3ccccc3)CC2)cc1F. The zero-order valence-electron chi connectivity index (χ0n) is 18.4. The normalized spacial score (nSPS) is 15.0. The summed E-state index contributed by atoms with van der Waals surface area (Å²) in [4.78, 5) is 17.1. The van der Waals surface area contributed by atoms with Crippen LogP contribution in [0.5, 0.6) is 5.75 Å². The van der Waals surface area contributed by atoms with Crippen molar-refractivity contribution in [2.24, 2.45) is 0 Å². The van der Waals surface area contributed by atoms with E-state index in [0.717, 1.165) is 43.1 Å². The molecule has 1 aliphatic rings. The highest BCUT2D eigenvalue weighted by Crippen LogP contribution is 2.20. The Labute approximate surface area is 187 Å². The molecule has 8 heteroatoms. The van der Waals surface area contributed by atoms with E-state index in [9.17, 15) is 9.18 Å². The van der Waals surface area contributed by atoms with Crippen LogP contribution in [0.3, 0.4) is 0 Å². The second-order valence-corrected chi connectivity index (χ2v) is 7.99. The van der Waals surface area contributed by atoms with Crippen molar-refractivity contribution in [2.75, 3.05) is 45.2 Å². The summed E-state index contributed by atoms with van der Waals surface area (Å²) in [6, 6.07) is 16.7. The van der Waals surface area contributed by atoms with E-state index in [1.165, 1.54) is 13.2 Å². The van der Waals surface area contributed by atoms with Crippen molar-refractivity contribution in [3.8, 4) is 11.4 Å². The van der Waals surface area contributed by atoms with Gasteiger partial charge in [0.05, 0.1) is 25.0 Å². The van der Waals surface area contributed by atoms with Gasteiger partial charge < -0.3 is 10.1 Å². The molecule has 0 atom stereocenters. The number of aryl methyl sites for hydroxylation is 1. The summed E-state index contributed by atoms with van der Waals surface area (Å²) in [5.74, 6) is 0.519. The molecule has 1 N–H and O–H groups in total. The predicted octanol–water partition coefficient (Wildman–Crippen LogP) is 3.08. The van der Waals surface area contributed by atoms with Crippen LogP contribution in [0.4, 0.5) is 10.2 Å². The van der Waals surface area contributed by atoms with Crippen LogP contribution in [0.1, 0.15) is 11.3 Å². The molecule has 2 heterocycles. The zero-order chi connectivity index (χ0) is 22.5. The van der Waals surface area contributed by atoms with Crippen LogP contribution in [0, 0.1) is 12.7 Å². The molecule has 168 valence electrons. The van der Waals surface area contributed by atoms with Gasteiger partial charge in [-0.3, -0.25) is 14.6 Å². The third-order valence-electron chi connectivity index (χ3n) is 5.55. The Kier molecular flexibility index (Phi) is 6.82. The lowest BCUT2D eigenvalue weighted by molar-refractivity contribution is -0.117. The van der Waals surface area contributed by atoms with Crippen molar-refractivity contribution < 1.29 is 13.9 Å². The number of aromatic nitrogens is 2. The van der Waals surface area contributed by atoms with Crippen LogP contribution in [-0.2, 0) is 11.3 Å². The molecule has 0 spiro atoms. The summed E-state index contributed by atoms with van der Waals surface area (Å²) >= 11 is 0. The highest BCUT2D eigenvalue weighted by atomic mass is 19.1. The molecular formula is C24H28FN5O2. The number of rotatable bonds is 7. The van der Waals surface area contributed by atoms with E-state index in [-0.39, 0.29) is 17.5 Å². The second-order valence-electron chi connectivity index (χ2n) is 7.99. The minimum absolute atomic E-state index is 0.0623. The van der Waals surface area contributed by atoms with Crippen molar-refractivity contribution in [3.05, 3.63) is 71.7 Å². The summed E-state index contributed by atoms with van der Waals surface area (Å²) in [5.41, 5.74) is 2.66. The van der Waals surface area contributed by atoms with Crippen LogP contribution in [0.15, 0.2) is 54.6 Å². The van der Waals surface area contributed by atoms with Crippen LogP contribution in [0.25, 0.3) is 5.69 Å². The van der Waals surface area contributed by atoms with E-state index < -0.39 is 0 Å². The lowest BCUT2D eigenvalue weighted by Crippen LogP contribution is -2.48. The summed E-state index contributed by atoms with van der Waals surface area (Å²) in [6.07, 6.45) is 0. The zero-order valence-corrected chi connectivity index (χ0v) is 18.4. The Morgan fingerprint density at radius 1 is 1.06 bits per heavy atom. The number of ether oxygens (including phenoxy) is 1. The van der Waals surface area contributed by atoms with Crippen LogP contribution < -0.4 is 10.1 Å². The highest BCUT2D eigenvalue weighted by Gasteiger charge is 2.20. The van der Waals surface area contributed by atoms with Crippen molar-refractivity contribution in [1.82, 2.24) is 19.6 Å². The van der Waals surface area contributed by atoms with Crippen molar-refractivity contribution >= 4 is 11.7 Å².